The first-order valence-electron chi connectivity index (χ1n) is 10.6. The molecule has 0 N–H and O–H groups in total. The Morgan fingerprint density at radius 3 is 2.53 bits per heavy atom. The summed E-state index contributed by atoms with van der Waals surface area (Å²) < 4.78 is 1.26. The molecule has 2 aromatic carbocycles. The predicted octanol–water partition coefficient (Wildman–Crippen LogP) is 2.86. The van der Waals surface area contributed by atoms with Crippen LogP contribution in [0.15, 0.2) is 71.0 Å². The fourth-order valence-electron chi connectivity index (χ4n) is 3.95. The molecular weight excluding hydrogens is 422 g/mol. The minimum absolute atomic E-state index is 0.0316. The van der Waals surface area contributed by atoms with Gasteiger partial charge in [-0.2, -0.15) is 5.10 Å². The van der Waals surface area contributed by atoms with Crippen molar-refractivity contribution >= 4 is 28.0 Å². The molecule has 0 saturated carbocycles. The summed E-state index contributed by atoms with van der Waals surface area (Å²) in [6.45, 7) is 3.58. The molecule has 1 aliphatic heterocycles. The highest BCUT2D eigenvalue weighted by Gasteiger charge is 2.22. The Morgan fingerprint density at radius 2 is 1.72 bits per heavy atom. The number of benzene rings is 2. The van der Waals surface area contributed by atoms with Gasteiger partial charge in [-0.25, -0.2) is 9.67 Å². The van der Waals surface area contributed by atoms with Crippen LogP contribution < -0.4 is 5.56 Å². The van der Waals surface area contributed by atoms with E-state index in [-0.39, 0.29) is 18.0 Å². The average Bonchev–Trinajstić information content (AvgIpc) is 3.30. The van der Waals surface area contributed by atoms with Crippen LogP contribution in [0.1, 0.15) is 5.69 Å². The molecule has 32 heavy (non-hydrogen) atoms. The van der Waals surface area contributed by atoms with Gasteiger partial charge in [-0.05, 0) is 6.07 Å². The van der Waals surface area contributed by atoms with Crippen LogP contribution in [0.5, 0.6) is 0 Å². The van der Waals surface area contributed by atoms with Gasteiger partial charge in [0.05, 0.1) is 17.3 Å². The Morgan fingerprint density at radius 1 is 0.969 bits per heavy atom. The summed E-state index contributed by atoms with van der Waals surface area (Å²) in [5.41, 5.74) is 1.96. The lowest BCUT2D eigenvalue weighted by atomic mass is 10.2. The maximum atomic E-state index is 12.8. The maximum absolute atomic E-state index is 12.8. The lowest BCUT2D eigenvalue weighted by Gasteiger charge is -2.34. The molecular formula is C24H23N5O2S. The Hall–Kier alpha value is -3.36. The third-order valence-corrected chi connectivity index (χ3v) is 6.67. The standard InChI is InChI=1S/C24H23N5O2S/c30-22(16-29-24(31)21-9-5-4-8-19(21)14-25-29)28-12-10-27(11-13-28)15-20-17-32-23(26-20)18-6-2-1-3-7-18/h1-9,14,17H,10-13,15-16H2. The van der Waals surface area contributed by atoms with Crippen LogP contribution in [0.4, 0.5) is 0 Å². The van der Waals surface area contributed by atoms with E-state index < -0.39 is 0 Å². The number of piperazine rings is 1. The summed E-state index contributed by atoms with van der Waals surface area (Å²) >= 11 is 1.66. The number of aromatic nitrogens is 3. The van der Waals surface area contributed by atoms with E-state index in [1.165, 1.54) is 4.68 Å². The number of hydrogen-bond donors (Lipinski definition) is 0. The number of thiazole rings is 1. The first-order chi connectivity index (χ1) is 15.7. The van der Waals surface area contributed by atoms with Crippen molar-refractivity contribution in [3.8, 4) is 10.6 Å². The van der Waals surface area contributed by atoms with Gasteiger partial charge in [0.15, 0.2) is 0 Å². The highest BCUT2D eigenvalue weighted by Crippen LogP contribution is 2.24. The van der Waals surface area contributed by atoms with Gasteiger partial charge in [0.1, 0.15) is 11.6 Å². The van der Waals surface area contributed by atoms with Gasteiger partial charge in [0, 0.05) is 49.1 Å². The van der Waals surface area contributed by atoms with Crippen molar-refractivity contribution in [1.29, 1.82) is 0 Å². The highest BCUT2D eigenvalue weighted by molar-refractivity contribution is 7.13. The molecule has 0 radical (unpaired) electrons. The van der Waals surface area contributed by atoms with Gasteiger partial charge in [-0.1, -0.05) is 48.5 Å². The summed E-state index contributed by atoms with van der Waals surface area (Å²) in [5.74, 6) is -0.0745. The Labute approximate surface area is 189 Å². The number of amides is 1. The lowest BCUT2D eigenvalue weighted by molar-refractivity contribution is -0.133. The van der Waals surface area contributed by atoms with E-state index in [4.69, 9.17) is 4.98 Å². The van der Waals surface area contributed by atoms with E-state index in [1.54, 1.807) is 23.6 Å². The van der Waals surface area contributed by atoms with Crippen LogP contribution in [-0.2, 0) is 17.9 Å². The van der Waals surface area contributed by atoms with Crippen molar-refractivity contribution in [1.82, 2.24) is 24.6 Å². The van der Waals surface area contributed by atoms with E-state index in [1.807, 2.05) is 41.3 Å². The molecule has 0 aliphatic carbocycles. The van der Waals surface area contributed by atoms with Crippen LogP contribution in [0.25, 0.3) is 21.3 Å². The van der Waals surface area contributed by atoms with Crippen molar-refractivity contribution in [2.24, 2.45) is 0 Å². The third kappa shape index (κ3) is 4.32. The fraction of sp³-hybridized carbons (Fsp3) is 0.250. The molecule has 8 heteroatoms. The number of carbonyl (C=O) groups excluding carboxylic acids is 1. The topological polar surface area (TPSA) is 71.3 Å². The van der Waals surface area contributed by atoms with Gasteiger partial charge < -0.3 is 4.90 Å². The number of nitrogens with zero attached hydrogens (tertiary/aromatic N) is 5. The minimum atomic E-state index is -0.229. The van der Waals surface area contributed by atoms with E-state index in [9.17, 15) is 9.59 Å². The molecule has 3 heterocycles. The molecule has 0 atom stereocenters. The molecule has 4 aromatic rings. The van der Waals surface area contributed by atoms with Crippen LogP contribution in [0, 0.1) is 0 Å². The average molecular weight is 446 g/mol. The quantitative estimate of drug-likeness (QED) is 0.472. The van der Waals surface area contributed by atoms with Crippen molar-refractivity contribution in [2.75, 3.05) is 26.2 Å². The predicted molar refractivity (Wildman–Crippen MR) is 125 cm³/mol. The molecule has 0 spiro atoms. The SMILES string of the molecule is O=C(Cn1ncc2ccccc2c1=O)N1CCN(Cc2csc(-c3ccccc3)n2)CC1. The van der Waals surface area contributed by atoms with Gasteiger partial charge in [0.2, 0.25) is 5.91 Å². The first-order valence-corrected chi connectivity index (χ1v) is 11.5. The number of rotatable bonds is 5. The minimum Gasteiger partial charge on any atom is -0.339 e. The summed E-state index contributed by atoms with van der Waals surface area (Å²) in [6.07, 6.45) is 1.64. The lowest BCUT2D eigenvalue weighted by Crippen LogP contribution is -2.49. The summed E-state index contributed by atoms with van der Waals surface area (Å²) in [7, 11) is 0. The second-order valence-electron chi connectivity index (χ2n) is 7.86. The molecule has 1 amide bonds. The molecule has 0 unspecified atom stereocenters. The molecule has 0 bridgehead atoms. The summed E-state index contributed by atoms with van der Waals surface area (Å²) in [4.78, 5) is 34.3. The largest absolute Gasteiger partial charge is 0.339 e. The summed E-state index contributed by atoms with van der Waals surface area (Å²) in [5, 5.41) is 8.68. The number of fused-ring (bicyclic) bond motifs is 1. The van der Waals surface area contributed by atoms with Crippen LogP contribution in [-0.4, -0.2) is 56.7 Å². The Bertz CT molecular complexity index is 1290. The van der Waals surface area contributed by atoms with Crippen molar-refractivity contribution in [3.05, 3.63) is 82.2 Å². The second-order valence-corrected chi connectivity index (χ2v) is 8.72. The normalized spacial score (nSPS) is 14.7. The molecule has 1 saturated heterocycles. The van der Waals surface area contributed by atoms with E-state index >= 15 is 0 Å². The molecule has 5 rings (SSSR count). The third-order valence-electron chi connectivity index (χ3n) is 5.73. The van der Waals surface area contributed by atoms with Gasteiger partial charge in [-0.3, -0.25) is 14.5 Å². The van der Waals surface area contributed by atoms with Crippen LogP contribution in [0.3, 0.4) is 0 Å². The molecule has 1 aliphatic rings. The first kappa shape index (κ1) is 20.5. The van der Waals surface area contributed by atoms with E-state index in [0.29, 0.717) is 18.5 Å². The number of hydrogen-bond acceptors (Lipinski definition) is 6. The molecule has 162 valence electrons. The molecule has 1 fully saturated rings. The zero-order chi connectivity index (χ0) is 21.9. The zero-order valence-corrected chi connectivity index (χ0v) is 18.4. The maximum Gasteiger partial charge on any atom is 0.275 e. The highest BCUT2D eigenvalue weighted by atomic mass is 32.1. The van der Waals surface area contributed by atoms with Crippen molar-refractivity contribution in [2.45, 2.75) is 13.1 Å². The monoisotopic (exact) mass is 445 g/mol. The zero-order valence-electron chi connectivity index (χ0n) is 17.6. The fourth-order valence-corrected chi connectivity index (χ4v) is 4.76. The number of carbonyl (C=O) groups is 1. The van der Waals surface area contributed by atoms with Crippen molar-refractivity contribution in [3.63, 3.8) is 0 Å². The smallest absolute Gasteiger partial charge is 0.275 e. The second kappa shape index (κ2) is 9.02. The van der Waals surface area contributed by atoms with Gasteiger partial charge >= 0.3 is 0 Å². The Kier molecular flexibility index (Phi) is 5.79. The van der Waals surface area contributed by atoms with Gasteiger partial charge in [-0.15, -0.1) is 11.3 Å². The molecule has 2 aromatic heterocycles. The van der Waals surface area contributed by atoms with Crippen LogP contribution >= 0.6 is 11.3 Å². The van der Waals surface area contributed by atoms with Crippen LogP contribution in [0.2, 0.25) is 0 Å². The van der Waals surface area contributed by atoms with Gasteiger partial charge in [0.25, 0.3) is 5.56 Å². The van der Waals surface area contributed by atoms with Crippen molar-refractivity contribution < 1.29 is 4.79 Å². The Balaban J connectivity index is 1.17. The van der Waals surface area contributed by atoms with E-state index in [2.05, 4.69) is 27.5 Å². The summed E-state index contributed by atoms with van der Waals surface area (Å²) in [6, 6.07) is 17.5. The van der Waals surface area contributed by atoms with E-state index in [0.717, 1.165) is 41.3 Å². The molecule has 7 nitrogen and oxygen atoms in total.